The smallest absolute Gasteiger partial charge is 0.274 e. The van der Waals surface area contributed by atoms with E-state index in [1.807, 2.05) is 6.92 Å². The van der Waals surface area contributed by atoms with Gasteiger partial charge in [0.2, 0.25) is 0 Å². The molecule has 0 bridgehead atoms. The van der Waals surface area contributed by atoms with Crippen molar-refractivity contribution in [1.82, 2.24) is 0 Å². The molecule has 2 nitrogen and oxygen atoms in total. The van der Waals surface area contributed by atoms with Crippen molar-refractivity contribution < 1.29 is 9.13 Å². The van der Waals surface area contributed by atoms with E-state index in [1.165, 1.54) is 12.1 Å². The Balaban J connectivity index is 2.46. The summed E-state index contributed by atoms with van der Waals surface area (Å²) < 4.78 is 17.7. The maximum atomic E-state index is 12.8. The van der Waals surface area contributed by atoms with Crippen molar-refractivity contribution in [2.75, 3.05) is 6.61 Å². The Morgan fingerprint density at radius 3 is 3.00 bits per heavy atom. The summed E-state index contributed by atoms with van der Waals surface area (Å²) in [6.07, 6.45) is 2.43. The summed E-state index contributed by atoms with van der Waals surface area (Å²) in [7, 11) is 0. The van der Waals surface area contributed by atoms with Crippen LogP contribution in [0.1, 0.15) is 12.5 Å². The lowest BCUT2D eigenvalue weighted by Crippen LogP contribution is -2.21. The van der Waals surface area contributed by atoms with E-state index in [0.717, 1.165) is 5.56 Å². The van der Waals surface area contributed by atoms with E-state index in [4.69, 9.17) is 16.3 Å². The van der Waals surface area contributed by atoms with Gasteiger partial charge in [-0.2, -0.15) is 0 Å². The largest absolute Gasteiger partial charge is 0.471 e. The molecule has 1 aromatic carbocycles. The molecule has 1 unspecified atom stereocenters. The van der Waals surface area contributed by atoms with Crippen LogP contribution in [0.15, 0.2) is 23.2 Å². The fourth-order valence-corrected chi connectivity index (χ4v) is 1.77. The molecule has 1 aliphatic rings. The third-order valence-electron chi connectivity index (χ3n) is 2.22. The van der Waals surface area contributed by atoms with Crippen LogP contribution in [0.2, 0.25) is 5.02 Å². The van der Waals surface area contributed by atoms with Crippen molar-refractivity contribution in [3.63, 3.8) is 0 Å². The molecule has 2 rings (SSSR count). The summed E-state index contributed by atoms with van der Waals surface area (Å²) >= 11 is 5.92. The molecule has 0 aromatic heterocycles. The minimum atomic E-state index is -0.537. The molecule has 73 valence electrons. The first kappa shape index (κ1) is 9.46. The number of hydrogen-bond donors (Lipinski definition) is 0. The van der Waals surface area contributed by atoms with Crippen molar-refractivity contribution in [2.45, 2.75) is 12.5 Å². The average molecular weight is 213 g/mol. The Bertz CT molecular complexity index is 394. The Labute approximate surface area is 86.4 Å². The van der Waals surface area contributed by atoms with Gasteiger partial charge in [-0.05, 0) is 19.1 Å². The van der Waals surface area contributed by atoms with E-state index >= 15 is 0 Å². The first-order valence-electron chi connectivity index (χ1n) is 4.16. The van der Waals surface area contributed by atoms with Crippen molar-refractivity contribution in [1.29, 1.82) is 0 Å². The van der Waals surface area contributed by atoms with E-state index in [2.05, 4.69) is 11.4 Å². The molecule has 14 heavy (non-hydrogen) atoms. The minimum absolute atomic E-state index is 0.353. The zero-order chi connectivity index (χ0) is 10.2. The summed E-state index contributed by atoms with van der Waals surface area (Å²) in [5, 5.41) is 0.364. The van der Waals surface area contributed by atoms with Crippen LogP contribution in [-0.4, -0.2) is 13.0 Å². The molecule has 0 fully saturated rings. The SMILES string of the molecule is CC1(c2ccc(F)cc2Cl)CO[C]=N1. The molecule has 0 spiro atoms. The second kappa shape index (κ2) is 3.24. The molecular formula is C10H8ClFNO. The average Bonchev–Trinajstić information content (AvgIpc) is 2.52. The quantitative estimate of drug-likeness (QED) is 0.701. The van der Waals surface area contributed by atoms with Gasteiger partial charge in [-0.15, -0.1) is 0 Å². The third kappa shape index (κ3) is 1.48. The highest BCUT2D eigenvalue weighted by molar-refractivity contribution is 6.31. The van der Waals surface area contributed by atoms with Crippen LogP contribution in [0.25, 0.3) is 0 Å². The van der Waals surface area contributed by atoms with Crippen LogP contribution in [0.5, 0.6) is 0 Å². The van der Waals surface area contributed by atoms with Crippen LogP contribution < -0.4 is 0 Å². The number of ether oxygens (including phenoxy) is 1. The van der Waals surface area contributed by atoms with Gasteiger partial charge in [0.1, 0.15) is 18.0 Å². The van der Waals surface area contributed by atoms with Crippen molar-refractivity contribution in [3.05, 3.63) is 34.6 Å². The summed E-state index contributed by atoms with van der Waals surface area (Å²) in [6.45, 7) is 2.25. The van der Waals surface area contributed by atoms with Gasteiger partial charge in [-0.1, -0.05) is 17.7 Å². The zero-order valence-electron chi connectivity index (χ0n) is 7.55. The van der Waals surface area contributed by atoms with Gasteiger partial charge in [0.25, 0.3) is 6.40 Å². The molecule has 0 N–H and O–H groups in total. The van der Waals surface area contributed by atoms with E-state index in [-0.39, 0.29) is 5.82 Å². The fourth-order valence-electron chi connectivity index (χ4n) is 1.40. The first-order valence-corrected chi connectivity index (χ1v) is 4.54. The highest BCUT2D eigenvalue weighted by atomic mass is 35.5. The van der Waals surface area contributed by atoms with Crippen molar-refractivity contribution in [2.24, 2.45) is 4.99 Å². The number of hydrogen-bond acceptors (Lipinski definition) is 2. The number of halogens is 2. The highest BCUT2D eigenvalue weighted by Gasteiger charge is 2.32. The first-order chi connectivity index (χ1) is 6.62. The molecule has 1 heterocycles. The Hall–Kier alpha value is -1.09. The molecule has 0 aliphatic carbocycles. The number of nitrogens with zero attached hydrogens (tertiary/aromatic N) is 1. The summed E-state index contributed by atoms with van der Waals surface area (Å²) in [6, 6.07) is 4.26. The summed E-state index contributed by atoms with van der Waals surface area (Å²) in [5.74, 6) is -0.353. The normalized spacial score (nSPS) is 25.1. The van der Waals surface area contributed by atoms with Crippen LogP contribution >= 0.6 is 11.6 Å². The van der Waals surface area contributed by atoms with Gasteiger partial charge in [-0.25, -0.2) is 9.38 Å². The molecule has 0 amide bonds. The van der Waals surface area contributed by atoms with Crippen LogP contribution in [-0.2, 0) is 10.3 Å². The Morgan fingerprint density at radius 1 is 1.64 bits per heavy atom. The molecule has 1 aliphatic heterocycles. The summed E-state index contributed by atoms with van der Waals surface area (Å²) in [5.41, 5.74) is 0.218. The molecule has 1 radical (unpaired) electrons. The van der Waals surface area contributed by atoms with Gasteiger partial charge in [0.05, 0.1) is 0 Å². The van der Waals surface area contributed by atoms with Gasteiger partial charge >= 0.3 is 0 Å². The molecule has 1 atom stereocenters. The van der Waals surface area contributed by atoms with Gasteiger partial charge < -0.3 is 4.74 Å². The van der Waals surface area contributed by atoms with Gasteiger partial charge in [0, 0.05) is 10.6 Å². The predicted octanol–water partition coefficient (Wildman–Crippen LogP) is 2.63. The van der Waals surface area contributed by atoms with Crippen LogP contribution in [0, 0.1) is 5.82 Å². The summed E-state index contributed by atoms with van der Waals surface area (Å²) in [4.78, 5) is 4.05. The maximum Gasteiger partial charge on any atom is 0.274 e. The van der Waals surface area contributed by atoms with Gasteiger partial charge in [-0.3, -0.25) is 0 Å². The fraction of sp³-hybridized carbons (Fsp3) is 0.300. The van der Waals surface area contributed by atoms with Crippen LogP contribution in [0.3, 0.4) is 0 Å². The molecule has 4 heteroatoms. The Kier molecular flexibility index (Phi) is 2.19. The van der Waals surface area contributed by atoms with Crippen LogP contribution in [0.4, 0.5) is 4.39 Å². The minimum Gasteiger partial charge on any atom is -0.471 e. The monoisotopic (exact) mass is 212 g/mol. The van der Waals surface area contributed by atoms with Crippen molar-refractivity contribution in [3.8, 4) is 0 Å². The van der Waals surface area contributed by atoms with Gasteiger partial charge in [0.15, 0.2) is 0 Å². The number of rotatable bonds is 1. The van der Waals surface area contributed by atoms with Crippen molar-refractivity contribution >= 4 is 18.0 Å². The molecule has 1 aromatic rings. The second-order valence-electron chi connectivity index (χ2n) is 3.39. The topological polar surface area (TPSA) is 21.6 Å². The van der Waals surface area contributed by atoms with E-state index < -0.39 is 5.54 Å². The lowest BCUT2D eigenvalue weighted by atomic mass is 9.94. The lowest BCUT2D eigenvalue weighted by Gasteiger charge is -2.20. The standard InChI is InChI=1S/C10H8ClFNO/c1-10(5-14-6-13-10)8-3-2-7(12)4-9(8)11/h2-4H,5H2,1H3. The second-order valence-corrected chi connectivity index (χ2v) is 3.80. The molecular weight excluding hydrogens is 205 g/mol. The number of aliphatic imine (C=N–C) groups is 1. The molecule has 0 saturated heterocycles. The predicted molar refractivity (Wildman–Crippen MR) is 52.1 cm³/mol. The van der Waals surface area contributed by atoms with E-state index in [1.54, 1.807) is 6.07 Å². The highest BCUT2D eigenvalue weighted by Crippen LogP contribution is 2.33. The third-order valence-corrected chi connectivity index (χ3v) is 2.53. The Morgan fingerprint density at radius 2 is 2.43 bits per heavy atom. The molecule has 0 saturated carbocycles. The maximum absolute atomic E-state index is 12.8. The van der Waals surface area contributed by atoms with E-state index in [9.17, 15) is 4.39 Å². The van der Waals surface area contributed by atoms with E-state index in [0.29, 0.717) is 11.6 Å². The number of benzene rings is 1. The zero-order valence-corrected chi connectivity index (χ0v) is 8.31. The lowest BCUT2D eigenvalue weighted by molar-refractivity contribution is 0.276.